The van der Waals surface area contributed by atoms with Gasteiger partial charge in [0.1, 0.15) is 5.75 Å². The third kappa shape index (κ3) is 6.60. The monoisotopic (exact) mass is 399 g/mol. The lowest BCUT2D eigenvalue weighted by Gasteiger charge is -2.09. The second-order valence-corrected chi connectivity index (χ2v) is 7.73. The topological polar surface area (TPSA) is 64.6 Å². The van der Waals surface area contributed by atoms with Crippen molar-refractivity contribution < 1.29 is 19.1 Å². The highest BCUT2D eigenvalue weighted by molar-refractivity contribution is 7.98. The van der Waals surface area contributed by atoms with E-state index in [4.69, 9.17) is 9.47 Å². The van der Waals surface area contributed by atoms with E-state index in [1.807, 2.05) is 36.4 Å². The van der Waals surface area contributed by atoms with Gasteiger partial charge in [0.15, 0.2) is 13.2 Å². The summed E-state index contributed by atoms with van der Waals surface area (Å²) in [5, 5.41) is 2.75. The lowest BCUT2D eigenvalue weighted by atomic mass is 10.1. The zero-order valence-corrected chi connectivity index (χ0v) is 16.6. The van der Waals surface area contributed by atoms with Gasteiger partial charge in [-0.25, -0.2) is 4.79 Å². The predicted molar refractivity (Wildman–Crippen MR) is 111 cm³/mol. The minimum absolute atomic E-state index is 0.195. The van der Waals surface area contributed by atoms with Crippen molar-refractivity contribution in [3.63, 3.8) is 0 Å². The Morgan fingerprint density at radius 3 is 2.68 bits per heavy atom. The third-order valence-electron chi connectivity index (χ3n) is 4.47. The van der Waals surface area contributed by atoms with Gasteiger partial charge >= 0.3 is 5.97 Å². The van der Waals surface area contributed by atoms with Crippen LogP contribution in [0.15, 0.2) is 48.5 Å². The molecule has 0 unspecified atom stereocenters. The first-order valence-electron chi connectivity index (χ1n) is 9.49. The summed E-state index contributed by atoms with van der Waals surface area (Å²) in [6.45, 7) is 0.0637. The Morgan fingerprint density at radius 2 is 1.82 bits per heavy atom. The maximum Gasteiger partial charge on any atom is 0.344 e. The molecule has 0 radical (unpaired) electrons. The van der Waals surface area contributed by atoms with E-state index in [0.717, 1.165) is 24.3 Å². The molecule has 0 fully saturated rings. The molecule has 2 aromatic carbocycles. The summed E-state index contributed by atoms with van der Waals surface area (Å²) in [5.74, 6) is 1.53. The fourth-order valence-electron chi connectivity index (χ4n) is 3.05. The van der Waals surface area contributed by atoms with Gasteiger partial charge in [-0.15, -0.1) is 0 Å². The molecule has 1 N–H and O–H groups in total. The molecular formula is C22H25NO4S. The molecule has 1 aliphatic rings. The minimum atomic E-state index is -0.547. The van der Waals surface area contributed by atoms with Crippen LogP contribution in [0.25, 0.3) is 0 Å². The van der Waals surface area contributed by atoms with Crippen LogP contribution in [0.3, 0.4) is 0 Å². The molecule has 5 nitrogen and oxygen atoms in total. The fourth-order valence-corrected chi connectivity index (χ4v) is 3.86. The van der Waals surface area contributed by atoms with Gasteiger partial charge in [0, 0.05) is 18.1 Å². The maximum absolute atomic E-state index is 11.8. The number of hydrogen-bond acceptors (Lipinski definition) is 5. The lowest BCUT2D eigenvalue weighted by Crippen LogP contribution is -2.31. The fraction of sp³-hybridized carbons (Fsp3) is 0.364. The van der Waals surface area contributed by atoms with E-state index in [9.17, 15) is 9.59 Å². The predicted octanol–water partition coefficient (Wildman–Crippen LogP) is 3.15. The highest BCUT2D eigenvalue weighted by Gasteiger charge is 2.12. The Bertz CT molecular complexity index is 794. The second-order valence-electron chi connectivity index (χ2n) is 6.62. The molecule has 3 rings (SSSR count). The van der Waals surface area contributed by atoms with Crippen LogP contribution in [0.1, 0.15) is 23.1 Å². The first kappa shape index (κ1) is 20.3. The first-order chi connectivity index (χ1) is 13.7. The molecule has 0 aliphatic heterocycles. The van der Waals surface area contributed by atoms with Gasteiger partial charge in [-0.05, 0) is 48.1 Å². The molecule has 0 saturated carbocycles. The van der Waals surface area contributed by atoms with Gasteiger partial charge < -0.3 is 14.8 Å². The smallest absolute Gasteiger partial charge is 0.344 e. The van der Waals surface area contributed by atoms with Crippen molar-refractivity contribution in [1.82, 2.24) is 5.32 Å². The van der Waals surface area contributed by atoms with Crippen LogP contribution in [0.2, 0.25) is 0 Å². The summed E-state index contributed by atoms with van der Waals surface area (Å²) in [5.41, 5.74) is 3.90. The number of amides is 1. The average molecular weight is 400 g/mol. The summed E-state index contributed by atoms with van der Waals surface area (Å²) in [4.78, 5) is 23.5. The second kappa shape index (κ2) is 10.8. The summed E-state index contributed by atoms with van der Waals surface area (Å²) < 4.78 is 10.4. The molecule has 1 amide bonds. The number of fused-ring (bicyclic) bond motifs is 1. The number of ether oxygens (including phenoxy) is 2. The van der Waals surface area contributed by atoms with Gasteiger partial charge in [0.25, 0.3) is 5.91 Å². The average Bonchev–Trinajstić information content (AvgIpc) is 3.19. The molecule has 0 heterocycles. The van der Waals surface area contributed by atoms with Crippen LogP contribution in [0.4, 0.5) is 0 Å². The van der Waals surface area contributed by atoms with E-state index < -0.39 is 5.97 Å². The van der Waals surface area contributed by atoms with E-state index in [2.05, 4.69) is 17.4 Å². The highest BCUT2D eigenvalue weighted by atomic mass is 32.2. The quantitative estimate of drug-likeness (QED) is 0.491. The molecule has 148 valence electrons. The van der Waals surface area contributed by atoms with E-state index in [-0.39, 0.29) is 19.1 Å². The molecular weight excluding hydrogens is 374 g/mol. The van der Waals surface area contributed by atoms with Crippen LogP contribution >= 0.6 is 11.8 Å². The van der Waals surface area contributed by atoms with Gasteiger partial charge in [-0.1, -0.05) is 36.4 Å². The molecule has 6 heteroatoms. The van der Waals surface area contributed by atoms with E-state index >= 15 is 0 Å². The number of hydrogen-bond donors (Lipinski definition) is 1. The molecule has 0 aromatic heterocycles. The summed E-state index contributed by atoms with van der Waals surface area (Å²) >= 11 is 1.74. The Balaban J connectivity index is 1.24. The summed E-state index contributed by atoms with van der Waals surface area (Å²) in [7, 11) is 0. The number of carbonyl (C=O) groups is 2. The van der Waals surface area contributed by atoms with Crippen LogP contribution in [-0.2, 0) is 32.9 Å². The number of nitrogens with one attached hydrogen (secondary N) is 1. The normalized spacial score (nSPS) is 12.3. The lowest BCUT2D eigenvalue weighted by molar-refractivity contribution is -0.150. The largest absolute Gasteiger partial charge is 0.482 e. The van der Waals surface area contributed by atoms with E-state index in [1.54, 1.807) is 11.8 Å². The number of benzene rings is 2. The van der Waals surface area contributed by atoms with Crippen molar-refractivity contribution in [2.24, 2.45) is 0 Å². The van der Waals surface area contributed by atoms with Crippen molar-refractivity contribution in [3.05, 3.63) is 65.2 Å². The Morgan fingerprint density at radius 1 is 1.00 bits per heavy atom. The van der Waals surface area contributed by atoms with Gasteiger partial charge in [-0.3, -0.25) is 4.79 Å². The molecule has 28 heavy (non-hydrogen) atoms. The standard InChI is InChI=1S/C22H25NO4S/c24-21(23-11-12-28-16-17-5-2-1-3-6-17)14-27-22(25)15-26-20-10-9-18-7-4-8-19(18)13-20/h1-3,5-6,9-10,13H,4,7-8,11-12,14-16H2,(H,23,24). The molecule has 0 spiro atoms. The van der Waals surface area contributed by atoms with Crippen LogP contribution in [0, 0.1) is 0 Å². The van der Waals surface area contributed by atoms with E-state index in [1.165, 1.54) is 23.1 Å². The molecule has 0 bridgehead atoms. The number of thioether (sulfide) groups is 1. The van der Waals surface area contributed by atoms with Crippen molar-refractivity contribution in [2.75, 3.05) is 25.5 Å². The maximum atomic E-state index is 11.8. The van der Waals surface area contributed by atoms with Crippen molar-refractivity contribution >= 4 is 23.6 Å². The van der Waals surface area contributed by atoms with Gasteiger partial charge in [-0.2, -0.15) is 11.8 Å². The van der Waals surface area contributed by atoms with Crippen LogP contribution < -0.4 is 10.1 Å². The number of aryl methyl sites for hydroxylation is 2. The first-order valence-corrected chi connectivity index (χ1v) is 10.6. The molecule has 2 aromatic rings. The van der Waals surface area contributed by atoms with E-state index in [0.29, 0.717) is 12.3 Å². The number of rotatable bonds is 10. The summed E-state index contributed by atoms with van der Waals surface area (Å²) in [6, 6.07) is 16.1. The summed E-state index contributed by atoms with van der Waals surface area (Å²) in [6.07, 6.45) is 3.33. The minimum Gasteiger partial charge on any atom is -0.482 e. The van der Waals surface area contributed by atoms with Gasteiger partial charge in [0.05, 0.1) is 0 Å². The van der Waals surface area contributed by atoms with Crippen LogP contribution in [-0.4, -0.2) is 37.4 Å². The zero-order chi connectivity index (χ0) is 19.6. The Labute approximate surface area is 169 Å². The van der Waals surface area contributed by atoms with Gasteiger partial charge in [0.2, 0.25) is 0 Å². The highest BCUT2D eigenvalue weighted by Crippen LogP contribution is 2.25. The molecule has 1 aliphatic carbocycles. The molecule has 0 atom stereocenters. The Kier molecular flexibility index (Phi) is 7.79. The zero-order valence-electron chi connectivity index (χ0n) is 15.8. The number of esters is 1. The Hall–Kier alpha value is -2.47. The van der Waals surface area contributed by atoms with Crippen molar-refractivity contribution in [2.45, 2.75) is 25.0 Å². The third-order valence-corrected chi connectivity index (χ3v) is 5.50. The van der Waals surface area contributed by atoms with Crippen molar-refractivity contribution in [3.8, 4) is 5.75 Å². The molecule has 0 saturated heterocycles. The number of carbonyl (C=O) groups excluding carboxylic acids is 2. The van der Waals surface area contributed by atoms with Crippen LogP contribution in [0.5, 0.6) is 5.75 Å². The van der Waals surface area contributed by atoms with Crippen molar-refractivity contribution in [1.29, 1.82) is 0 Å². The SMILES string of the molecule is O=C(COC(=O)COc1ccc2c(c1)CCC2)NCCSCc1ccccc1.